The number of hydrogen-bond acceptors (Lipinski definition) is 4. The highest BCUT2D eigenvalue weighted by Crippen LogP contribution is 2.50. The number of urea groups is 1. The zero-order chi connectivity index (χ0) is 22.6. The highest BCUT2D eigenvalue weighted by atomic mass is 16.5. The number of primary amides is 1. The summed E-state index contributed by atoms with van der Waals surface area (Å²) in [6, 6.07) is 10.9. The number of ether oxygens (including phenoxy) is 1. The third-order valence-electron chi connectivity index (χ3n) is 8.64. The Labute approximate surface area is 190 Å². The van der Waals surface area contributed by atoms with E-state index in [1.165, 1.54) is 18.4 Å². The van der Waals surface area contributed by atoms with Gasteiger partial charge in [-0.15, -0.1) is 0 Å². The molecule has 0 atom stereocenters. The molecule has 1 aromatic rings. The minimum Gasteiger partial charge on any atom is -0.379 e. The molecule has 7 nitrogen and oxygen atoms in total. The van der Waals surface area contributed by atoms with Gasteiger partial charge in [-0.25, -0.2) is 4.79 Å². The number of carbonyl (C=O) groups is 2. The molecule has 3 amide bonds. The van der Waals surface area contributed by atoms with Gasteiger partial charge in [0, 0.05) is 25.2 Å². The van der Waals surface area contributed by atoms with Crippen LogP contribution >= 0.6 is 0 Å². The molecule has 32 heavy (non-hydrogen) atoms. The first-order valence-corrected chi connectivity index (χ1v) is 12.0. The van der Waals surface area contributed by atoms with E-state index in [9.17, 15) is 9.59 Å². The lowest BCUT2D eigenvalue weighted by molar-refractivity contribution is -0.160. The number of rotatable bonds is 7. The SMILES string of the molecule is CN(C)[C@]1(c2ccccc2)CC[C@]2(CC1)CN(CC1(C(N)=O)COC1)C(=O)N2CC1CC1. The number of nitrogens with zero attached hydrogens (tertiary/aromatic N) is 3. The Balaban J connectivity index is 1.40. The zero-order valence-corrected chi connectivity index (χ0v) is 19.4. The van der Waals surface area contributed by atoms with Gasteiger partial charge >= 0.3 is 6.03 Å². The van der Waals surface area contributed by atoms with Crippen LogP contribution in [-0.4, -0.2) is 79.1 Å². The van der Waals surface area contributed by atoms with Crippen LogP contribution in [0.15, 0.2) is 30.3 Å². The molecule has 2 heterocycles. The molecular formula is C25H36N4O3. The maximum absolute atomic E-state index is 13.6. The van der Waals surface area contributed by atoms with Crippen molar-refractivity contribution in [3.63, 3.8) is 0 Å². The maximum Gasteiger partial charge on any atom is 0.320 e. The zero-order valence-electron chi connectivity index (χ0n) is 19.4. The average Bonchev–Trinajstić information content (AvgIpc) is 3.54. The summed E-state index contributed by atoms with van der Waals surface area (Å²) in [5, 5.41) is 0. The molecular weight excluding hydrogens is 404 g/mol. The van der Waals surface area contributed by atoms with Gasteiger partial charge in [-0.05, 0) is 64.1 Å². The van der Waals surface area contributed by atoms with Gasteiger partial charge in [0.15, 0.2) is 0 Å². The molecule has 0 radical (unpaired) electrons. The van der Waals surface area contributed by atoms with Crippen LogP contribution in [0.2, 0.25) is 0 Å². The molecule has 0 aromatic heterocycles. The maximum atomic E-state index is 13.6. The Morgan fingerprint density at radius 2 is 1.78 bits per heavy atom. The van der Waals surface area contributed by atoms with Crippen molar-refractivity contribution >= 4 is 11.9 Å². The van der Waals surface area contributed by atoms with E-state index in [1.807, 2.05) is 4.90 Å². The second-order valence-corrected chi connectivity index (χ2v) is 10.8. The fraction of sp³-hybridized carbons (Fsp3) is 0.680. The van der Waals surface area contributed by atoms with Crippen LogP contribution in [0.1, 0.15) is 44.1 Å². The smallest absolute Gasteiger partial charge is 0.320 e. The van der Waals surface area contributed by atoms with E-state index in [1.54, 1.807) is 0 Å². The first-order valence-electron chi connectivity index (χ1n) is 12.0. The molecule has 0 bridgehead atoms. The van der Waals surface area contributed by atoms with E-state index in [-0.39, 0.29) is 23.0 Å². The van der Waals surface area contributed by atoms with Crippen molar-refractivity contribution < 1.29 is 14.3 Å². The predicted molar refractivity (Wildman–Crippen MR) is 122 cm³/mol. The van der Waals surface area contributed by atoms with Gasteiger partial charge in [0.2, 0.25) is 5.91 Å². The molecule has 2 aliphatic heterocycles. The molecule has 2 saturated carbocycles. The van der Waals surface area contributed by atoms with E-state index >= 15 is 0 Å². The number of nitrogens with two attached hydrogens (primary N) is 1. The van der Waals surface area contributed by atoms with Crippen molar-refractivity contribution in [3.05, 3.63) is 35.9 Å². The van der Waals surface area contributed by atoms with Gasteiger partial charge < -0.3 is 20.3 Å². The van der Waals surface area contributed by atoms with E-state index in [4.69, 9.17) is 10.5 Å². The summed E-state index contributed by atoms with van der Waals surface area (Å²) in [6.07, 6.45) is 6.38. The molecule has 4 fully saturated rings. The molecule has 1 aromatic carbocycles. The predicted octanol–water partition coefficient (Wildman–Crippen LogP) is 2.41. The van der Waals surface area contributed by atoms with Gasteiger partial charge in [-0.1, -0.05) is 30.3 Å². The number of carbonyl (C=O) groups excluding carboxylic acids is 2. The molecule has 0 unspecified atom stereocenters. The Kier molecular flexibility index (Phi) is 5.25. The van der Waals surface area contributed by atoms with E-state index in [2.05, 4.69) is 54.2 Å². The van der Waals surface area contributed by atoms with E-state index < -0.39 is 5.41 Å². The minimum atomic E-state index is -0.724. The summed E-state index contributed by atoms with van der Waals surface area (Å²) in [4.78, 5) is 32.2. The van der Waals surface area contributed by atoms with Crippen LogP contribution in [0.25, 0.3) is 0 Å². The van der Waals surface area contributed by atoms with Crippen LogP contribution in [0.4, 0.5) is 4.79 Å². The molecule has 2 N–H and O–H groups in total. The second-order valence-electron chi connectivity index (χ2n) is 10.8. The molecule has 2 saturated heterocycles. The van der Waals surface area contributed by atoms with E-state index in [0.717, 1.165) is 32.2 Å². The van der Waals surface area contributed by atoms with Crippen molar-refractivity contribution in [1.82, 2.24) is 14.7 Å². The van der Waals surface area contributed by atoms with Gasteiger partial charge in [0.1, 0.15) is 5.41 Å². The van der Waals surface area contributed by atoms with Crippen molar-refractivity contribution in [3.8, 4) is 0 Å². The number of amides is 3. The van der Waals surface area contributed by atoms with Crippen LogP contribution in [0.3, 0.4) is 0 Å². The lowest BCUT2D eigenvalue weighted by Crippen LogP contribution is -2.59. The third-order valence-corrected chi connectivity index (χ3v) is 8.64. The molecule has 1 spiro atoms. The highest BCUT2D eigenvalue weighted by Gasteiger charge is 2.57. The lowest BCUT2D eigenvalue weighted by Gasteiger charge is -2.51. The highest BCUT2D eigenvalue weighted by molar-refractivity contribution is 5.84. The summed E-state index contributed by atoms with van der Waals surface area (Å²) in [6.45, 7) is 2.54. The van der Waals surface area contributed by atoms with Crippen LogP contribution < -0.4 is 5.73 Å². The van der Waals surface area contributed by atoms with Crippen LogP contribution in [0.5, 0.6) is 0 Å². The fourth-order valence-electron chi connectivity index (χ4n) is 6.16. The van der Waals surface area contributed by atoms with Gasteiger partial charge in [0.25, 0.3) is 0 Å². The normalized spacial score (nSPS) is 31.9. The molecule has 4 aliphatic rings. The van der Waals surface area contributed by atoms with Crippen molar-refractivity contribution in [2.24, 2.45) is 17.1 Å². The third kappa shape index (κ3) is 3.41. The van der Waals surface area contributed by atoms with Crippen molar-refractivity contribution in [2.75, 3.05) is 46.9 Å². The quantitative estimate of drug-likeness (QED) is 0.706. The Morgan fingerprint density at radius 3 is 2.28 bits per heavy atom. The van der Waals surface area contributed by atoms with E-state index in [0.29, 0.717) is 32.2 Å². The summed E-state index contributed by atoms with van der Waals surface area (Å²) in [5.41, 5.74) is 6.18. The molecule has 5 rings (SSSR count). The van der Waals surface area contributed by atoms with Gasteiger partial charge in [0.05, 0.1) is 18.8 Å². The summed E-state index contributed by atoms with van der Waals surface area (Å²) < 4.78 is 5.33. The largest absolute Gasteiger partial charge is 0.379 e. The van der Waals surface area contributed by atoms with Crippen LogP contribution in [0, 0.1) is 11.3 Å². The van der Waals surface area contributed by atoms with Crippen LogP contribution in [-0.2, 0) is 15.1 Å². The van der Waals surface area contributed by atoms with Gasteiger partial charge in [-0.2, -0.15) is 0 Å². The first kappa shape index (κ1) is 21.7. The summed E-state index contributed by atoms with van der Waals surface area (Å²) >= 11 is 0. The molecule has 7 heteroatoms. The Bertz CT molecular complexity index is 870. The average molecular weight is 441 g/mol. The van der Waals surface area contributed by atoms with Crippen molar-refractivity contribution in [1.29, 1.82) is 0 Å². The second kappa shape index (κ2) is 7.73. The Morgan fingerprint density at radius 1 is 1.12 bits per heavy atom. The molecule has 174 valence electrons. The number of benzene rings is 1. The Hall–Kier alpha value is -2.12. The lowest BCUT2D eigenvalue weighted by atomic mass is 9.68. The standard InChI is InChI=1S/C25H36N4O3/c1-27(2)25(20-6-4-3-5-7-20)12-10-24(11-13-25)16-28(15-23(21(26)30)17-32-18-23)22(31)29(24)14-19-8-9-19/h3-7,19H,8-18H2,1-2H3,(H2,26,30)/t24-,25+. The minimum absolute atomic E-state index is 0.00944. The summed E-state index contributed by atoms with van der Waals surface area (Å²) in [5.74, 6) is 0.271. The molecule has 2 aliphatic carbocycles. The van der Waals surface area contributed by atoms with Crippen molar-refractivity contribution in [2.45, 2.75) is 49.6 Å². The topological polar surface area (TPSA) is 79.1 Å². The number of hydrogen-bond donors (Lipinski definition) is 1. The van der Waals surface area contributed by atoms with Gasteiger partial charge in [-0.3, -0.25) is 9.69 Å². The fourth-order valence-corrected chi connectivity index (χ4v) is 6.16. The summed E-state index contributed by atoms with van der Waals surface area (Å²) in [7, 11) is 4.35. The first-order chi connectivity index (χ1) is 15.3. The monoisotopic (exact) mass is 440 g/mol.